The Morgan fingerprint density at radius 1 is 1.30 bits per heavy atom. The van der Waals surface area contributed by atoms with Gasteiger partial charge in [0.2, 0.25) is 0 Å². The predicted molar refractivity (Wildman–Crippen MR) is 85.8 cm³/mol. The van der Waals surface area contributed by atoms with Gasteiger partial charge in [-0.3, -0.25) is 0 Å². The third-order valence-electron chi connectivity index (χ3n) is 4.04. The molecule has 2 rings (SSSR count). The highest BCUT2D eigenvalue weighted by molar-refractivity contribution is 6.32. The normalized spacial score (nSPS) is 17.4. The van der Waals surface area contributed by atoms with Crippen molar-refractivity contribution in [1.82, 2.24) is 4.90 Å². The summed E-state index contributed by atoms with van der Waals surface area (Å²) >= 11 is 6.30. The van der Waals surface area contributed by atoms with Crippen LogP contribution in [0.3, 0.4) is 0 Å². The lowest BCUT2D eigenvalue weighted by Crippen LogP contribution is -2.20. The van der Waals surface area contributed by atoms with E-state index in [4.69, 9.17) is 16.3 Å². The molecule has 0 radical (unpaired) electrons. The summed E-state index contributed by atoms with van der Waals surface area (Å²) in [7, 11) is 0. The molecule has 20 heavy (non-hydrogen) atoms. The third kappa shape index (κ3) is 4.68. The molecule has 112 valence electrons. The molecule has 0 spiro atoms. The molecule has 1 aliphatic heterocycles. The van der Waals surface area contributed by atoms with E-state index in [0.717, 1.165) is 23.6 Å². The van der Waals surface area contributed by atoms with Gasteiger partial charge in [-0.2, -0.15) is 0 Å². The smallest absolute Gasteiger partial charge is 0.138 e. The third-order valence-corrected chi connectivity index (χ3v) is 4.33. The van der Waals surface area contributed by atoms with Crippen LogP contribution in [0.1, 0.15) is 45.1 Å². The first-order valence-electron chi connectivity index (χ1n) is 7.86. The first-order chi connectivity index (χ1) is 9.69. The van der Waals surface area contributed by atoms with Gasteiger partial charge in [0.1, 0.15) is 5.75 Å². The largest absolute Gasteiger partial charge is 0.489 e. The highest BCUT2D eigenvalue weighted by Gasteiger charge is 2.11. The quantitative estimate of drug-likeness (QED) is 0.732. The molecule has 1 heterocycles. The summed E-state index contributed by atoms with van der Waals surface area (Å²) < 4.78 is 5.79. The zero-order valence-corrected chi connectivity index (χ0v) is 13.5. The molecule has 3 heteroatoms. The molecule has 0 bridgehead atoms. The molecule has 0 amide bonds. The Labute approximate surface area is 128 Å². The first kappa shape index (κ1) is 15.7. The lowest BCUT2D eigenvalue weighted by Gasteiger charge is -2.16. The van der Waals surface area contributed by atoms with Gasteiger partial charge in [-0.15, -0.1) is 0 Å². The summed E-state index contributed by atoms with van der Waals surface area (Å²) in [6.45, 7) is 7.96. The number of likely N-dealkylation sites (tertiary alicyclic amines) is 1. The number of ether oxygens (including phenoxy) is 1. The van der Waals surface area contributed by atoms with Gasteiger partial charge in [0.05, 0.1) is 11.1 Å². The number of halogens is 1. The highest BCUT2D eigenvalue weighted by Crippen LogP contribution is 2.27. The molecule has 1 aromatic carbocycles. The molecule has 1 fully saturated rings. The van der Waals surface area contributed by atoms with Gasteiger partial charge in [0.15, 0.2) is 0 Å². The van der Waals surface area contributed by atoms with Crippen molar-refractivity contribution in [2.24, 2.45) is 0 Å². The second-order valence-corrected chi connectivity index (χ2v) is 6.16. The molecule has 0 saturated carbocycles. The average Bonchev–Trinajstić information content (AvgIpc) is 2.95. The molecule has 1 aliphatic rings. The van der Waals surface area contributed by atoms with Crippen molar-refractivity contribution in [3.05, 3.63) is 28.8 Å². The van der Waals surface area contributed by atoms with E-state index in [1.807, 2.05) is 6.07 Å². The Hall–Kier alpha value is -0.730. The fourth-order valence-electron chi connectivity index (χ4n) is 2.61. The van der Waals surface area contributed by atoms with Crippen LogP contribution < -0.4 is 4.74 Å². The molecule has 1 saturated heterocycles. The summed E-state index contributed by atoms with van der Waals surface area (Å²) in [6.07, 6.45) is 6.25. The van der Waals surface area contributed by atoms with Gasteiger partial charge in [-0.05, 0) is 76.4 Å². The number of aryl methyl sites for hydroxylation is 1. The minimum atomic E-state index is 0.216. The second-order valence-electron chi connectivity index (χ2n) is 5.75. The van der Waals surface area contributed by atoms with Crippen LogP contribution in [0.15, 0.2) is 18.2 Å². The number of hydrogen-bond donors (Lipinski definition) is 0. The van der Waals surface area contributed by atoms with E-state index in [0.29, 0.717) is 0 Å². The molecule has 0 N–H and O–H groups in total. The minimum Gasteiger partial charge on any atom is -0.489 e. The van der Waals surface area contributed by atoms with Crippen LogP contribution in [0, 0.1) is 0 Å². The summed E-state index contributed by atoms with van der Waals surface area (Å²) in [5, 5.41) is 0.740. The Morgan fingerprint density at radius 2 is 2.05 bits per heavy atom. The molecule has 1 atom stereocenters. The fourth-order valence-corrected chi connectivity index (χ4v) is 2.86. The predicted octanol–water partition coefficient (Wildman–Crippen LogP) is 4.55. The fraction of sp³-hybridized carbons (Fsp3) is 0.647. The molecule has 2 nitrogen and oxygen atoms in total. The van der Waals surface area contributed by atoms with Crippen molar-refractivity contribution in [3.63, 3.8) is 0 Å². The Morgan fingerprint density at radius 3 is 2.70 bits per heavy atom. The maximum atomic E-state index is 6.30. The Kier molecular flexibility index (Phi) is 6.18. The van der Waals surface area contributed by atoms with Gasteiger partial charge in [-0.25, -0.2) is 0 Å². The number of nitrogens with zero attached hydrogens (tertiary/aromatic N) is 1. The summed E-state index contributed by atoms with van der Waals surface area (Å²) in [6, 6.07) is 6.22. The van der Waals surface area contributed by atoms with E-state index in [2.05, 4.69) is 30.9 Å². The maximum absolute atomic E-state index is 6.30. The van der Waals surface area contributed by atoms with Crippen LogP contribution in [0.2, 0.25) is 5.02 Å². The van der Waals surface area contributed by atoms with Crippen molar-refractivity contribution in [1.29, 1.82) is 0 Å². The summed E-state index contributed by atoms with van der Waals surface area (Å²) in [4.78, 5) is 2.56. The van der Waals surface area contributed by atoms with Crippen molar-refractivity contribution in [3.8, 4) is 5.75 Å². The van der Waals surface area contributed by atoms with Crippen LogP contribution in [-0.2, 0) is 6.42 Å². The molecule has 1 unspecified atom stereocenters. The van der Waals surface area contributed by atoms with Crippen molar-refractivity contribution < 1.29 is 4.74 Å². The number of rotatable bonds is 7. The van der Waals surface area contributed by atoms with E-state index in [1.165, 1.54) is 44.5 Å². The van der Waals surface area contributed by atoms with Crippen LogP contribution in [0.25, 0.3) is 0 Å². The zero-order valence-electron chi connectivity index (χ0n) is 12.7. The summed E-state index contributed by atoms with van der Waals surface area (Å²) in [5.41, 5.74) is 1.31. The van der Waals surface area contributed by atoms with E-state index >= 15 is 0 Å². The maximum Gasteiger partial charge on any atom is 0.138 e. The van der Waals surface area contributed by atoms with Crippen LogP contribution in [0.5, 0.6) is 5.75 Å². The average molecular weight is 296 g/mol. The van der Waals surface area contributed by atoms with Crippen molar-refractivity contribution in [2.45, 2.75) is 52.1 Å². The van der Waals surface area contributed by atoms with Gasteiger partial charge < -0.3 is 9.64 Å². The topological polar surface area (TPSA) is 12.5 Å². The van der Waals surface area contributed by atoms with E-state index in [9.17, 15) is 0 Å². The second kappa shape index (κ2) is 7.90. The van der Waals surface area contributed by atoms with Gasteiger partial charge in [-0.1, -0.05) is 24.6 Å². The molecule has 0 aliphatic carbocycles. The molecule has 1 aromatic rings. The van der Waals surface area contributed by atoms with Gasteiger partial charge in [0, 0.05) is 0 Å². The van der Waals surface area contributed by atoms with Crippen LogP contribution in [0.4, 0.5) is 0 Å². The van der Waals surface area contributed by atoms with Gasteiger partial charge in [0.25, 0.3) is 0 Å². The van der Waals surface area contributed by atoms with E-state index < -0.39 is 0 Å². The minimum absolute atomic E-state index is 0.216. The molecule has 0 aromatic heterocycles. The monoisotopic (exact) mass is 295 g/mol. The SMILES string of the molecule is CCC(C)Oc1ccc(CCCN2CCCC2)cc1Cl. The number of benzene rings is 1. The molecular formula is C17H26ClNO. The van der Waals surface area contributed by atoms with Gasteiger partial charge >= 0.3 is 0 Å². The van der Waals surface area contributed by atoms with Crippen molar-refractivity contribution >= 4 is 11.6 Å². The van der Waals surface area contributed by atoms with E-state index in [1.54, 1.807) is 0 Å². The lowest BCUT2D eigenvalue weighted by molar-refractivity contribution is 0.217. The highest BCUT2D eigenvalue weighted by atomic mass is 35.5. The van der Waals surface area contributed by atoms with Crippen molar-refractivity contribution in [2.75, 3.05) is 19.6 Å². The first-order valence-corrected chi connectivity index (χ1v) is 8.24. The Bertz CT molecular complexity index is 415. The Balaban J connectivity index is 1.81. The number of hydrogen-bond acceptors (Lipinski definition) is 2. The summed E-state index contributed by atoms with van der Waals surface area (Å²) in [5.74, 6) is 0.810. The lowest BCUT2D eigenvalue weighted by atomic mass is 10.1. The zero-order chi connectivity index (χ0) is 14.4. The standard InChI is InChI=1S/C17H26ClNO/c1-3-14(2)20-17-9-8-15(13-16(17)18)7-6-12-19-10-4-5-11-19/h8-9,13-14H,3-7,10-12H2,1-2H3. The molecular weight excluding hydrogens is 270 g/mol. The van der Waals surface area contributed by atoms with Crippen LogP contribution >= 0.6 is 11.6 Å². The van der Waals surface area contributed by atoms with Crippen LogP contribution in [-0.4, -0.2) is 30.6 Å². The van der Waals surface area contributed by atoms with E-state index in [-0.39, 0.29) is 6.10 Å².